The molecule has 0 saturated carbocycles. The van der Waals surface area contributed by atoms with E-state index >= 15 is 0 Å². The van der Waals surface area contributed by atoms with Gasteiger partial charge < -0.3 is 5.32 Å². The van der Waals surface area contributed by atoms with Gasteiger partial charge in [0.25, 0.3) is 0 Å². The van der Waals surface area contributed by atoms with E-state index in [-0.39, 0.29) is 0 Å². The highest BCUT2D eigenvalue weighted by atomic mass is 14.8. The molecule has 0 saturated heterocycles. The molecule has 1 nitrogen and oxygen atoms in total. The average molecular weight is 247 g/mol. The van der Waals surface area contributed by atoms with Crippen molar-refractivity contribution in [2.24, 2.45) is 0 Å². The molecule has 0 aliphatic carbocycles. The standard InChI is InChI=1S/C18H17N/c1-2-11-19-13-18-16-9-5-3-7-14(16)12-15-8-4-6-10-17(15)18/h2-10,12,19H,1,11,13H2. The molecule has 0 spiro atoms. The first-order valence-corrected chi connectivity index (χ1v) is 6.61. The van der Waals surface area contributed by atoms with Gasteiger partial charge in [-0.2, -0.15) is 0 Å². The smallest absolute Gasteiger partial charge is 0.0220 e. The molecule has 3 aromatic rings. The van der Waals surface area contributed by atoms with Gasteiger partial charge in [0.15, 0.2) is 0 Å². The molecule has 0 atom stereocenters. The number of rotatable bonds is 4. The summed E-state index contributed by atoms with van der Waals surface area (Å²) in [6.45, 7) is 5.45. The minimum absolute atomic E-state index is 0.831. The maximum Gasteiger partial charge on any atom is 0.0220 e. The maximum atomic E-state index is 3.75. The average Bonchev–Trinajstić information content (AvgIpc) is 2.46. The van der Waals surface area contributed by atoms with E-state index in [1.54, 1.807) is 0 Å². The van der Waals surface area contributed by atoms with E-state index in [9.17, 15) is 0 Å². The van der Waals surface area contributed by atoms with Crippen LogP contribution in [0.3, 0.4) is 0 Å². The van der Waals surface area contributed by atoms with E-state index in [1.807, 2.05) is 6.08 Å². The van der Waals surface area contributed by atoms with Crippen LogP contribution in [0.2, 0.25) is 0 Å². The fraction of sp³-hybridized carbons (Fsp3) is 0.111. The Labute approximate surface area is 113 Å². The molecule has 19 heavy (non-hydrogen) atoms. The fourth-order valence-corrected chi connectivity index (χ4v) is 2.60. The summed E-state index contributed by atoms with van der Waals surface area (Å²) >= 11 is 0. The zero-order valence-corrected chi connectivity index (χ0v) is 10.9. The van der Waals surface area contributed by atoms with Gasteiger partial charge in [0.2, 0.25) is 0 Å². The Bertz CT molecular complexity index is 674. The highest BCUT2D eigenvalue weighted by Gasteiger charge is 2.06. The lowest BCUT2D eigenvalue weighted by Gasteiger charge is -2.11. The van der Waals surface area contributed by atoms with Crippen molar-refractivity contribution >= 4 is 21.5 Å². The maximum absolute atomic E-state index is 3.75. The third-order valence-corrected chi connectivity index (χ3v) is 3.47. The van der Waals surface area contributed by atoms with Gasteiger partial charge in [-0.25, -0.2) is 0 Å². The molecule has 0 aromatic heterocycles. The number of hydrogen-bond acceptors (Lipinski definition) is 1. The molecule has 0 aliphatic rings. The quantitative estimate of drug-likeness (QED) is 0.412. The zero-order valence-electron chi connectivity index (χ0n) is 10.9. The molecular formula is C18H17N. The summed E-state index contributed by atoms with van der Waals surface area (Å²) in [6, 6.07) is 19.4. The Morgan fingerprint density at radius 3 is 2.05 bits per heavy atom. The van der Waals surface area contributed by atoms with Crippen molar-refractivity contribution in [1.29, 1.82) is 0 Å². The van der Waals surface area contributed by atoms with Crippen LogP contribution in [0.15, 0.2) is 67.3 Å². The summed E-state index contributed by atoms with van der Waals surface area (Å²) in [4.78, 5) is 0. The van der Waals surface area contributed by atoms with Crippen LogP contribution in [0.25, 0.3) is 21.5 Å². The highest BCUT2D eigenvalue weighted by Crippen LogP contribution is 2.28. The molecule has 3 aromatic carbocycles. The predicted molar refractivity (Wildman–Crippen MR) is 83.4 cm³/mol. The van der Waals surface area contributed by atoms with Crippen molar-refractivity contribution in [1.82, 2.24) is 5.32 Å². The molecule has 1 heteroatoms. The van der Waals surface area contributed by atoms with E-state index in [1.165, 1.54) is 27.1 Å². The van der Waals surface area contributed by atoms with Crippen molar-refractivity contribution < 1.29 is 0 Å². The summed E-state index contributed by atoms with van der Waals surface area (Å²) in [5.41, 5.74) is 1.37. The minimum Gasteiger partial charge on any atom is -0.309 e. The first kappa shape index (κ1) is 11.9. The number of nitrogens with one attached hydrogen (secondary N) is 1. The fourth-order valence-electron chi connectivity index (χ4n) is 2.60. The van der Waals surface area contributed by atoms with Gasteiger partial charge in [0.05, 0.1) is 0 Å². The van der Waals surface area contributed by atoms with Gasteiger partial charge in [-0.3, -0.25) is 0 Å². The molecule has 0 heterocycles. The van der Waals surface area contributed by atoms with Crippen LogP contribution in [-0.2, 0) is 6.54 Å². The Balaban J connectivity index is 2.23. The Morgan fingerprint density at radius 2 is 1.47 bits per heavy atom. The van der Waals surface area contributed by atoms with Crippen molar-refractivity contribution in [2.45, 2.75) is 6.54 Å². The molecule has 0 bridgehead atoms. The number of hydrogen-bond donors (Lipinski definition) is 1. The van der Waals surface area contributed by atoms with E-state index in [0.717, 1.165) is 13.1 Å². The Kier molecular flexibility index (Phi) is 3.30. The summed E-state index contributed by atoms with van der Waals surface area (Å²) in [6.07, 6.45) is 1.90. The Hall–Kier alpha value is -2.12. The van der Waals surface area contributed by atoms with Gasteiger partial charge in [-0.1, -0.05) is 54.6 Å². The molecule has 0 amide bonds. The van der Waals surface area contributed by atoms with Gasteiger partial charge in [0.1, 0.15) is 0 Å². The first-order valence-electron chi connectivity index (χ1n) is 6.61. The van der Waals surface area contributed by atoms with Crippen LogP contribution in [0.5, 0.6) is 0 Å². The van der Waals surface area contributed by atoms with E-state index < -0.39 is 0 Å². The SMILES string of the molecule is C=CCNCc1c2ccccc2cc2ccccc12. The van der Waals surface area contributed by atoms with E-state index in [2.05, 4.69) is 66.5 Å². The lowest BCUT2D eigenvalue weighted by Crippen LogP contribution is -2.13. The summed E-state index contributed by atoms with van der Waals surface area (Å²) in [5, 5.41) is 8.68. The molecule has 0 fully saturated rings. The van der Waals surface area contributed by atoms with E-state index in [4.69, 9.17) is 0 Å². The van der Waals surface area contributed by atoms with E-state index in [0.29, 0.717) is 0 Å². The zero-order chi connectivity index (χ0) is 13.1. The van der Waals surface area contributed by atoms with Crippen molar-refractivity contribution in [3.05, 3.63) is 72.8 Å². The second kappa shape index (κ2) is 5.25. The topological polar surface area (TPSA) is 12.0 Å². The number of benzene rings is 3. The molecule has 0 unspecified atom stereocenters. The van der Waals surface area contributed by atoms with Gasteiger partial charge in [-0.15, -0.1) is 6.58 Å². The third kappa shape index (κ3) is 2.25. The molecule has 0 aliphatic heterocycles. The second-order valence-corrected chi connectivity index (χ2v) is 4.72. The van der Waals surface area contributed by atoms with Gasteiger partial charge >= 0.3 is 0 Å². The van der Waals surface area contributed by atoms with Gasteiger partial charge in [-0.05, 0) is 33.2 Å². The summed E-state index contributed by atoms with van der Waals surface area (Å²) in [7, 11) is 0. The lowest BCUT2D eigenvalue weighted by atomic mass is 9.97. The van der Waals surface area contributed by atoms with Crippen LogP contribution < -0.4 is 5.32 Å². The minimum atomic E-state index is 0.831. The third-order valence-electron chi connectivity index (χ3n) is 3.47. The summed E-state index contributed by atoms with van der Waals surface area (Å²) < 4.78 is 0. The predicted octanol–water partition coefficient (Wildman–Crippen LogP) is 4.27. The van der Waals surface area contributed by atoms with Crippen LogP contribution in [0, 0.1) is 0 Å². The largest absolute Gasteiger partial charge is 0.309 e. The number of fused-ring (bicyclic) bond motifs is 2. The van der Waals surface area contributed by atoms with Crippen LogP contribution >= 0.6 is 0 Å². The monoisotopic (exact) mass is 247 g/mol. The summed E-state index contributed by atoms with van der Waals surface area (Å²) in [5.74, 6) is 0. The lowest BCUT2D eigenvalue weighted by molar-refractivity contribution is 0.769. The molecule has 0 radical (unpaired) electrons. The molecule has 3 rings (SSSR count). The van der Waals surface area contributed by atoms with Crippen molar-refractivity contribution in [3.63, 3.8) is 0 Å². The normalized spacial score (nSPS) is 10.9. The molecule has 94 valence electrons. The van der Waals surface area contributed by atoms with Crippen LogP contribution in [0.4, 0.5) is 0 Å². The van der Waals surface area contributed by atoms with Crippen LogP contribution in [0.1, 0.15) is 5.56 Å². The van der Waals surface area contributed by atoms with Crippen LogP contribution in [-0.4, -0.2) is 6.54 Å². The first-order chi connectivity index (χ1) is 9.40. The van der Waals surface area contributed by atoms with Crippen molar-refractivity contribution in [3.8, 4) is 0 Å². The van der Waals surface area contributed by atoms with Gasteiger partial charge in [0, 0.05) is 13.1 Å². The molecule has 1 N–H and O–H groups in total. The highest BCUT2D eigenvalue weighted by molar-refractivity contribution is 6.02. The Morgan fingerprint density at radius 1 is 0.895 bits per heavy atom. The molecular weight excluding hydrogens is 230 g/mol. The van der Waals surface area contributed by atoms with Crippen molar-refractivity contribution in [2.75, 3.05) is 6.54 Å². The second-order valence-electron chi connectivity index (χ2n) is 4.72.